The number of ether oxygens (including phenoxy) is 1. The molecule has 24 heavy (non-hydrogen) atoms. The van der Waals surface area contributed by atoms with Gasteiger partial charge in [0, 0.05) is 17.8 Å². The van der Waals surface area contributed by atoms with Crippen LogP contribution in [0.25, 0.3) is 6.08 Å². The minimum atomic E-state index is -0.532. The Morgan fingerprint density at radius 1 is 1.38 bits per heavy atom. The summed E-state index contributed by atoms with van der Waals surface area (Å²) in [6.07, 6.45) is 7.73. The maximum absolute atomic E-state index is 12.1. The van der Waals surface area contributed by atoms with E-state index in [1.165, 1.54) is 12.3 Å². The lowest BCUT2D eigenvalue weighted by Crippen LogP contribution is -2.22. The van der Waals surface area contributed by atoms with Crippen LogP contribution in [-0.2, 0) is 16.1 Å². The van der Waals surface area contributed by atoms with Crippen molar-refractivity contribution >= 4 is 23.8 Å². The average molecular weight is 326 g/mol. The Bertz CT molecular complexity index is 831. The molecule has 0 saturated carbocycles. The van der Waals surface area contributed by atoms with Crippen LogP contribution in [0.15, 0.2) is 30.9 Å². The van der Waals surface area contributed by atoms with Gasteiger partial charge in [0.25, 0.3) is 5.91 Å². The number of amides is 1. The normalized spacial score (nSPS) is 13.9. The van der Waals surface area contributed by atoms with E-state index in [0.717, 1.165) is 11.1 Å². The molecule has 0 atom stereocenters. The molecule has 1 N–H and O–H groups in total. The molecule has 2 aromatic heterocycles. The van der Waals surface area contributed by atoms with Crippen molar-refractivity contribution in [3.05, 3.63) is 47.7 Å². The molecule has 3 heterocycles. The van der Waals surface area contributed by atoms with Crippen LogP contribution in [0.5, 0.6) is 0 Å². The van der Waals surface area contributed by atoms with E-state index in [0.29, 0.717) is 18.1 Å². The molecule has 0 fully saturated rings. The number of esters is 1. The van der Waals surface area contributed by atoms with E-state index in [1.807, 2.05) is 26.8 Å². The van der Waals surface area contributed by atoms with Crippen molar-refractivity contribution in [2.24, 2.45) is 0 Å². The molecular weight excluding hydrogens is 308 g/mol. The summed E-state index contributed by atoms with van der Waals surface area (Å²) in [6, 6.07) is 1.87. The zero-order chi connectivity index (χ0) is 17.3. The van der Waals surface area contributed by atoms with Gasteiger partial charge in [0.1, 0.15) is 17.1 Å². The van der Waals surface area contributed by atoms with E-state index in [9.17, 15) is 9.59 Å². The highest BCUT2D eigenvalue weighted by molar-refractivity contribution is 6.03. The van der Waals surface area contributed by atoms with Crippen LogP contribution in [0.2, 0.25) is 0 Å². The number of aromatic nitrogens is 3. The third-order valence-electron chi connectivity index (χ3n) is 3.32. The third kappa shape index (κ3) is 3.51. The van der Waals surface area contributed by atoms with Gasteiger partial charge in [0.05, 0.1) is 19.1 Å². The molecule has 1 amide bonds. The Morgan fingerprint density at radius 3 is 2.92 bits per heavy atom. The van der Waals surface area contributed by atoms with Gasteiger partial charge in [-0.1, -0.05) is 0 Å². The van der Waals surface area contributed by atoms with Crippen LogP contribution in [0.3, 0.4) is 0 Å². The molecule has 1 aliphatic heterocycles. The fourth-order valence-electron chi connectivity index (χ4n) is 2.34. The molecule has 2 aromatic rings. The minimum Gasteiger partial charge on any atom is -0.457 e. The topological polar surface area (TPSA) is 86.1 Å². The van der Waals surface area contributed by atoms with E-state index < -0.39 is 11.6 Å². The summed E-state index contributed by atoms with van der Waals surface area (Å²) in [4.78, 5) is 32.1. The summed E-state index contributed by atoms with van der Waals surface area (Å²) in [5, 5.41) is 2.76. The standard InChI is InChI=1S/C17H18N4O3/c1-17(2,3)24-14(22)5-4-11-6-12-9-21-10-18-8-13(21)16(23)20-15(12)19-7-11/h4-8,10H,9H2,1-3H3,(H,19,20,23). The van der Waals surface area contributed by atoms with Gasteiger partial charge in [-0.3, -0.25) is 4.79 Å². The number of nitrogens with zero attached hydrogens (tertiary/aromatic N) is 3. The van der Waals surface area contributed by atoms with Crippen molar-refractivity contribution in [1.29, 1.82) is 0 Å². The molecule has 0 spiro atoms. The van der Waals surface area contributed by atoms with Crippen LogP contribution in [0.1, 0.15) is 42.4 Å². The lowest BCUT2D eigenvalue weighted by Gasteiger charge is -2.17. The second-order valence-electron chi connectivity index (χ2n) is 6.50. The fourth-order valence-corrected chi connectivity index (χ4v) is 2.34. The molecule has 124 valence electrons. The zero-order valence-corrected chi connectivity index (χ0v) is 13.7. The number of hydrogen-bond donors (Lipinski definition) is 1. The molecule has 1 aliphatic rings. The average Bonchev–Trinajstić information content (AvgIpc) is 2.89. The summed E-state index contributed by atoms with van der Waals surface area (Å²) in [5.74, 6) is -0.142. The minimum absolute atomic E-state index is 0.240. The zero-order valence-electron chi connectivity index (χ0n) is 13.7. The Balaban J connectivity index is 1.82. The van der Waals surface area contributed by atoms with E-state index in [1.54, 1.807) is 23.2 Å². The molecule has 0 saturated heterocycles. The first-order chi connectivity index (χ1) is 11.3. The summed E-state index contributed by atoms with van der Waals surface area (Å²) in [6.45, 7) is 5.92. The number of carbonyl (C=O) groups is 2. The molecule has 0 aliphatic carbocycles. The van der Waals surface area contributed by atoms with Gasteiger partial charge in [0.15, 0.2) is 0 Å². The quantitative estimate of drug-likeness (QED) is 0.676. The lowest BCUT2D eigenvalue weighted by atomic mass is 10.1. The molecule has 0 aromatic carbocycles. The van der Waals surface area contributed by atoms with Gasteiger partial charge in [-0.2, -0.15) is 0 Å². The number of carbonyl (C=O) groups excluding carboxylic acids is 2. The number of rotatable bonds is 2. The fraction of sp³-hybridized carbons (Fsp3) is 0.294. The first-order valence-corrected chi connectivity index (χ1v) is 7.53. The van der Waals surface area contributed by atoms with Crippen LogP contribution < -0.4 is 5.32 Å². The van der Waals surface area contributed by atoms with Gasteiger partial charge in [-0.25, -0.2) is 14.8 Å². The number of fused-ring (bicyclic) bond motifs is 2. The van der Waals surface area contributed by atoms with Gasteiger partial charge >= 0.3 is 5.97 Å². The Morgan fingerprint density at radius 2 is 2.17 bits per heavy atom. The highest BCUT2D eigenvalue weighted by Crippen LogP contribution is 2.21. The predicted octanol–water partition coefficient (Wildman–Crippen LogP) is 2.25. The molecule has 0 radical (unpaired) electrons. The van der Waals surface area contributed by atoms with Crippen molar-refractivity contribution < 1.29 is 14.3 Å². The molecule has 0 unspecified atom stereocenters. The summed E-state index contributed by atoms with van der Waals surface area (Å²) < 4.78 is 6.98. The van der Waals surface area contributed by atoms with Crippen molar-refractivity contribution in [3.8, 4) is 0 Å². The Hall–Kier alpha value is -2.96. The number of anilines is 1. The number of nitrogens with one attached hydrogen (secondary N) is 1. The highest BCUT2D eigenvalue weighted by atomic mass is 16.6. The van der Waals surface area contributed by atoms with Gasteiger partial charge in [-0.15, -0.1) is 0 Å². The Labute approximate surface area is 139 Å². The second kappa shape index (κ2) is 5.92. The molecule has 7 heteroatoms. The van der Waals surface area contributed by atoms with Crippen LogP contribution in [-0.4, -0.2) is 32.0 Å². The monoisotopic (exact) mass is 326 g/mol. The van der Waals surface area contributed by atoms with Crippen LogP contribution in [0, 0.1) is 0 Å². The molecule has 3 rings (SSSR count). The van der Waals surface area contributed by atoms with Crippen molar-refractivity contribution in [1.82, 2.24) is 14.5 Å². The largest absolute Gasteiger partial charge is 0.457 e. The maximum atomic E-state index is 12.1. The summed E-state index contributed by atoms with van der Waals surface area (Å²) in [7, 11) is 0. The first-order valence-electron chi connectivity index (χ1n) is 7.53. The predicted molar refractivity (Wildman–Crippen MR) is 88.4 cm³/mol. The van der Waals surface area contributed by atoms with Crippen molar-refractivity contribution in [2.45, 2.75) is 32.9 Å². The maximum Gasteiger partial charge on any atom is 0.331 e. The highest BCUT2D eigenvalue weighted by Gasteiger charge is 2.20. The third-order valence-corrected chi connectivity index (χ3v) is 3.32. The van der Waals surface area contributed by atoms with E-state index in [4.69, 9.17) is 4.74 Å². The smallest absolute Gasteiger partial charge is 0.331 e. The van der Waals surface area contributed by atoms with E-state index >= 15 is 0 Å². The summed E-state index contributed by atoms with van der Waals surface area (Å²) in [5.41, 5.74) is 1.54. The number of pyridine rings is 1. The second-order valence-corrected chi connectivity index (χ2v) is 6.50. The first kappa shape index (κ1) is 15.9. The molecular formula is C17H18N4O3. The van der Waals surface area contributed by atoms with Crippen molar-refractivity contribution in [2.75, 3.05) is 5.32 Å². The van der Waals surface area contributed by atoms with Crippen molar-refractivity contribution in [3.63, 3.8) is 0 Å². The molecule has 7 nitrogen and oxygen atoms in total. The number of hydrogen-bond acceptors (Lipinski definition) is 5. The lowest BCUT2D eigenvalue weighted by molar-refractivity contribution is -0.148. The van der Waals surface area contributed by atoms with Gasteiger partial charge in [-0.05, 0) is 38.5 Å². The molecule has 0 bridgehead atoms. The number of imidazole rings is 1. The Kier molecular flexibility index (Phi) is 3.92. The van der Waals surface area contributed by atoms with Crippen LogP contribution in [0.4, 0.5) is 5.82 Å². The van der Waals surface area contributed by atoms with E-state index in [-0.39, 0.29) is 5.91 Å². The van der Waals surface area contributed by atoms with E-state index in [2.05, 4.69) is 15.3 Å². The van der Waals surface area contributed by atoms with Crippen LogP contribution >= 0.6 is 0 Å². The van der Waals surface area contributed by atoms with Gasteiger partial charge < -0.3 is 14.6 Å². The SMILES string of the molecule is CC(C)(C)OC(=O)C=Cc1cnc2c(c1)Cn1cncc1C(=O)N2. The summed E-state index contributed by atoms with van der Waals surface area (Å²) >= 11 is 0. The van der Waals surface area contributed by atoms with Gasteiger partial charge in [0.2, 0.25) is 0 Å².